The minimum Gasteiger partial charge on any atom is -0.328 e. The van der Waals surface area contributed by atoms with Gasteiger partial charge in [-0.15, -0.1) is 0 Å². The summed E-state index contributed by atoms with van der Waals surface area (Å²) in [7, 11) is -3.12. The number of hydrazone groups is 1. The summed E-state index contributed by atoms with van der Waals surface area (Å²) in [6, 6.07) is 2.04. The Morgan fingerprint density at radius 3 is 2.83 bits per heavy atom. The molecule has 12 heteroatoms. The maximum Gasteiger partial charge on any atom is 0.211 e. The number of piperidine rings is 1. The maximum absolute atomic E-state index is 11.7. The van der Waals surface area contributed by atoms with Crippen LogP contribution < -0.4 is 10.7 Å². The molecule has 0 amide bonds. The molecule has 1 fully saturated rings. The van der Waals surface area contributed by atoms with Crippen LogP contribution in [-0.4, -0.2) is 63.6 Å². The lowest BCUT2D eigenvalue weighted by atomic mass is 9.95. The van der Waals surface area contributed by atoms with E-state index < -0.39 is 10.0 Å². The zero-order valence-corrected chi connectivity index (χ0v) is 18.0. The van der Waals surface area contributed by atoms with Crippen LogP contribution in [0.2, 0.25) is 0 Å². The molecule has 0 radical (unpaired) electrons. The molecule has 10 nitrogen and oxygen atoms in total. The van der Waals surface area contributed by atoms with E-state index in [1.54, 1.807) is 10.5 Å². The summed E-state index contributed by atoms with van der Waals surface area (Å²) >= 11 is 1.38. The van der Waals surface area contributed by atoms with Crippen molar-refractivity contribution in [3.8, 4) is 0 Å². The molecular formula is C18H22N8O2S2. The van der Waals surface area contributed by atoms with Crippen molar-refractivity contribution in [2.45, 2.75) is 24.7 Å². The highest BCUT2D eigenvalue weighted by Crippen LogP contribution is 2.33. The van der Waals surface area contributed by atoms with Gasteiger partial charge in [0.15, 0.2) is 11.5 Å². The fraction of sp³-hybridized carbons (Fsp3) is 0.444. The van der Waals surface area contributed by atoms with Gasteiger partial charge < -0.3 is 10.7 Å². The first-order valence-electron chi connectivity index (χ1n) is 9.76. The molecule has 3 aromatic heterocycles. The second kappa shape index (κ2) is 7.60. The largest absolute Gasteiger partial charge is 0.328 e. The van der Waals surface area contributed by atoms with Crippen molar-refractivity contribution >= 4 is 44.2 Å². The Kier molecular flexibility index (Phi) is 4.91. The highest BCUT2D eigenvalue weighted by Gasteiger charge is 2.27. The Labute approximate surface area is 178 Å². The van der Waals surface area contributed by atoms with E-state index in [0.717, 1.165) is 41.4 Å². The molecule has 30 heavy (non-hydrogen) atoms. The Bertz CT molecular complexity index is 1190. The number of rotatable bonds is 5. The van der Waals surface area contributed by atoms with E-state index in [4.69, 9.17) is 0 Å². The van der Waals surface area contributed by atoms with Crippen LogP contribution in [0.1, 0.15) is 36.1 Å². The Hall–Kier alpha value is -2.57. The third-order valence-corrected chi connectivity index (χ3v) is 7.63. The van der Waals surface area contributed by atoms with E-state index in [9.17, 15) is 8.42 Å². The molecule has 3 aromatic rings. The monoisotopic (exact) mass is 446 g/mol. The van der Waals surface area contributed by atoms with E-state index in [1.165, 1.54) is 17.8 Å². The molecule has 0 spiro atoms. The van der Waals surface area contributed by atoms with Crippen LogP contribution >= 0.6 is 11.5 Å². The lowest BCUT2D eigenvalue weighted by Gasteiger charge is -2.29. The van der Waals surface area contributed by atoms with Crippen LogP contribution in [0.5, 0.6) is 0 Å². The standard InChI is InChI=1S/C18H22N8O2S2/c1-30(27,28)25-5-2-12(3-6-25)14-8-16(29-24-14)23-17-18-20-11-15(13-9-21-22-10-13)26(18)7-4-19-17/h4,7-9,11-13,22H,2-3,5-6,10H2,1H3,(H,19,23). The van der Waals surface area contributed by atoms with E-state index in [2.05, 4.69) is 30.2 Å². The van der Waals surface area contributed by atoms with E-state index >= 15 is 0 Å². The van der Waals surface area contributed by atoms with Crippen LogP contribution in [0.15, 0.2) is 29.8 Å². The van der Waals surface area contributed by atoms with Crippen molar-refractivity contribution in [3.63, 3.8) is 0 Å². The Morgan fingerprint density at radius 2 is 2.10 bits per heavy atom. The summed E-state index contributed by atoms with van der Waals surface area (Å²) < 4.78 is 31.6. The molecule has 2 aliphatic rings. The lowest BCUT2D eigenvalue weighted by Crippen LogP contribution is -2.37. The average Bonchev–Trinajstić information content (AvgIpc) is 3.48. The van der Waals surface area contributed by atoms with Crippen LogP contribution in [0.3, 0.4) is 0 Å². The maximum atomic E-state index is 11.7. The molecule has 0 aromatic carbocycles. The second-order valence-electron chi connectivity index (χ2n) is 7.58. The average molecular weight is 447 g/mol. The predicted octanol–water partition coefficient (Wildman–Crippen LogP) is 1.74. The molecular weight excluding hydrogens is 424 g/mol. The quantitative estimate of drug-likeness (QED) is 0.613. The summed E-state index contributed by atoms with van der Waals surface area (Å²) in [5.74, 6) is 1.13. The topological polar surface area (TPSA) is 117 Å². The molecule has 0 saturated carbocycles. The summed E-state index contributed by atoms with van der Waals surface area (Å²) in [4.78, 5) is 9.02. The van der Waals surface area contributed by atoms with E-state index in [0.29, 0.717) is 18.9 Å². The smallest absolute Gasteiger partial charge is 0.211 e. The fourth-order valence-corrected chi connectivity index (χ4v) is 5.56. The van der Waals surface area contributed by atoms with Gasteiger partial charge in [0.25, 0.3) is 0 Å². The molecule has 0 bridgehead atoms. The van der Waals surface area contributed by atoms with Gasteiger partial charge in [0.1, 0.15) is 5.00 Å². The number of imidazole rings is 1. The molecule has 2 aliphatic heterocycles. The van der Waals surface area contributed by atoms with Gasteiger partial charge >= 0.3 is 0 Å². The number of anilines is 2. The number of nitrogens with one attached hydrogen (secondary N) is 2. The summed E-state index contributed by atoms with van der Waals surface area (Å²) in [5.41, 5.74) is 5.79. The normalized spacial score (nSPS) is 20.6. The van der Waals surface area contributed by atoms with Gasteiger partial charge in [0.2, 0.25) is 10.0 Å². The minimum atomic E-state index is -3.12. The molecule has 5 rings (SSSR count). The molecule has 1 atom stereocenters. The van der Waals surface area contributed by atoms with Crippen LogP contribution in [0.25, 0.3) is 5.65 Å². The van der Waals surface area contributed by atoms with E-state index in [-0.39, 0.29) is 11.8 Å². The summed E-state index contributed by atoms with van der Waals surface area (Å²) in [6.45, 7) is 1.84. The number of fused-ring (bicyclic) bond motifs is 1. The van der Waals surface area contributed by atoms with Crippen molar-refractivity contribution < 1.29 is 8.42 Å². The van der Waals surface area contributed by atoms with Gasteiger partial charge in [-0.2, -0.15) is 9.47 Å². The third-order valence-electron chi connectivity index (χ3n) is 5.60. The number of nitrogens with zero attached hydrogens (tertiary/aromatic N) is 6. The predicted molar refractivity (Wildman–Crippen MR) is 116 cm³/mol. The van der Waals surface area contributed by atoms with Crippen molar-refractivity contribution in [2.24, 2.45) is 5.10 Å². The number of hydrogen-bond acceptors (Lipinski definition) is 9. The van der Waals surface area contributed by atoms with Gasteiger partial charge in [-0.3, -0.25) is 4.40 Å². The Morgan fingerprint density at radius 1 is 1.27 bits per heavy atom. The molecule has 2 N–H and O–H groups in total. The van der Waals surface area contributed by atoms with Gasteiger partial charge in [-0.1, -0.05) is 0 Å². The van der Waals surface area contributed by atoms with Gasteiger partial charge in [-0.25, -0.2) is 22.7 Å². The van der Waals surface area contributed by atoms with Crippen LogP contribution in [-0.2, 0) is 10.0 Å². The SMILES string of the molecule is CS(=O)(=O)N1CCC(c2cc(Nc3nccn4c(C5C=NNC5)cnc34)sn2)CC1. The van der Waals surface area contributed by atoms with Crippen molar-refractivity contribution in [1.82, 2.24) is 28.5 Å². The minimum absolute atomic E-state index is 0.183. The van der Waals surface area contributed by atoms with Crippen LogP contribution in [0.4, 0.5) is 10.8 Å². The zero-order chi connectivity index (χ0) is 20.7. The fourth-order valence-electron chi connectivity index (χ4n) is 3.97. The lowest BCUT2D eigenvalue weighted by molar-refractivity contribution is 0.319. The molecule has 1 saturated heterocycles. The summed E-state index contributed by atoms with van der Waals surface area (Å²) in [6.07, 6.45) is 10.2. The Balaban J connectivity index is 1.32. The number of sulfonamides is 1. The first kappa shape index (κ1) is 19.4. The number of aromatic nitrogens is 4. The van der Waals surface area contributed by atoms with Gasteiger partial charge in [0.05, 0.1) is 29.8 Å². The highest BCUT2D eigenvalue weighted by molar-refractivity contribution is 7.88. The third kappa shape index (κ3) is 3.66. The van der Waals surface area contributed by atoms with Crippen molar-refractivity contribution in [1.29, 1.82) is 0 Å². The van der Waals surface area contributed by atoms with Crippen molar-refractivity contribution in [2.75, 3.05) is 31.2 Å². The first-order chi connectivity index (χ1) is 14.5. The summed E-state index contributed by atoms with van der Waals surface area (Å²) in [5, 5.41) is 8.34. The second-order valence-corrected chi connectivity index (χ2v) is 10.4. The highest BCUT2D eigenvalue weighted by atomic mass is 32.2. The first-order valence-corrected chi connectivity index (χ1v) is 12.4. The molecule has 5 heterocycles. The zero-order valence-electron chi connectivity index (χ0n) is 16.4. The molecule has 0 aliphatic carbocycles. The van der Waals surface area contributed by atoms with Gasteiger partial charge in [0, 0.05) is 44.2 Å². The van der Waals surface area contributed by atoms with E-state index in [1.807, 2.05) is 29.1 Å². The van der Waals surface area contributed by atoms with Crippen molar-refractivity contribution in [3.05, 3.63) is 36.0 Å². The molecule has 1 unspecified atom stereocenters. The van der Waals surface area contributed by atoms with Crippen LogP contribution in [0, 0.1) is 0 Å². The number of hydrogen-bond donors (Lipinski definition) is 2. The van der Waals surface area contributed by atoms with Gasteiger partial charge in [-0.05, 0) is 30.4 Å². The molecule has 158 valence electrons.